The second-order valence-electron chi connectivity index (χ2n) is 5.29. The minimum atomic E-state index is 0.235. The monoisotopic (exact) mass is 285 g/mol. The molecule has 20 heavy (non-hydrogen) atoms. The molecule has 2 N–H and O–H groups in total. The van der Waals surface area contributed by atoms with Gasteiger partial charge >= 0.3 is 0 Å². The molecule has 0 bridgehead atoms. The molecule has 4 rings (SSSR count). The number of fused-ring (bicyclic) bond motifs is 1. The first-order chi connectivity index (χ1) is 9.81. The van der Waals surface area contributed by atoms with E-state index in [9.17, 15) is 0 Å². The maximum Gasteiger partial charge on any atom is 0.234 e. The van der Waals surface area contributed by atoms with Crippen LogP contribution in [0.2, 0.25) is 0 Å². The molecular weight excluding hydrogens is 270 g/mol. The number of nitrogens with two attached hydrogens (primary N) is 1. The molecule has 2 aromatic heterocycles. The Labute approximate surface area is 120 Å². The Morgan fingerprint density at radius 1 is 1.25 bits per heavy atom. The Bertz CT molecular complexity index is 728. The average molecular weight is 285 g/mol. The van der Waals surface area contributed by atoms with Crippen LogP contribution in [0.25, 0.3) is 16.3 Å². The summed E-state index contributed by atoms with van der Waals surface area (Å²) in [6.45, 7) is 0. The van der Waals surface area contributed by atoms with Gasteiger partial charge in [0, 0.05) is 18.0 Å². The lowest BCUT2D eigenvalue weighted by Gasteiger charge is -2.05. The van der Waals surface area contributed by atoms with Crippen molar-refractivity contribution in [2.24, 2.45) is 11.7 Å². The van der Waals surface area contributed by atoms with Crippen molar-refractivity contribution in [2.45, 2.75) is 25.3 Å². The van der Waals surface area contributed by atoms with Crippen LogP contribution in [0.1, 0.15) is 17.8 Å². The molecule has 3 aromatic rings. The van der Waals surface area contributed by atoms with Gasteiger partial charge in [-0.1, -0.05) is 41.7 Å². The summed E-state index contributed by atoms with van der Waals surface area (Å²) in [4.78, 5) is 0.835. The summed E-state index contributed by atoms with van der Waals surface area (Å²) in [5.41, 5.74) is 7.20. The van der Waals surface area contributed by atoms with Crippen LogP contribution in [0, 0.1) is 5.92 Å². The molecule has 2 heterocycles. The topological polar surface area (TPSA) is 69.1 Å². The van der Waals surface area contributed by atoms with Crippen LogP contribution in [0.3, 0.4) is 0 Å². The summed E-state index contributed by atoms with van der Waals surface area (Å²) in [5, 5.41) is 14.1. The van der Waals surface area contributed by atoms with Gasteiger partial charge in [0.1, 0.15) is 5.01 Å². The summed E-state index contributed by atoms with van der Waals surface area (Å²) in [7, 11) is 0. The fourth-order valence-electron chi connectivity index (χ4n) is 2.40. The lowest BCUT2D eigenvalue weighted by atomic mass is 10.1. The maximum absolute atomic E-state index is 6.17. The average Bonchev–Trinajstić information content (AvgIpc) is 3.14. The van der Waals surface area contributed by atoms with E-state index in [1.807, 2.05) is 34.8 Å². The fraction of sp³-hybridized carbons (Fsp3) is 0.357. The van der Waals surface area contributed by atoms with Crippen molar-refractivity contribution in [1.29, 1.82) is 0 Å². The highest BCUT2D eigenvalue weighted by Crippen LogP contribution is 2.33. The summed E-state index contributed by atoms with van der Waals surface area (Å²) in [6, 6.07) is 10.2. The predicted octanol–water partition coefficient (Wildman–Crippen LogP) is 2.13. The largest absolute Gasteiger partial charge is 0.327 e. The Kier molecular flexibility index (Phi) is 2.78. The summed E-state index contributed by atoms with van der Waals surface area (Å²) >= 11 is 1.58. The molecule has 0 spiro atoms. The Balaban J connectivity index is 1.68. The van der Waals surface area contributed by atoms with Crippen LogP contribution in [-0.4, -0.2) is 25.9 Å². The second kappa shape index (κ2) is 4.64. The molecule has 1 fully saturated rings. The lowest BCUT2D eigenvalue weighted by molar-refractivity contribution is 0.586. The first kappa shape index (κ1) is 12.0. The van der Waals surface area contributed by atoms with Crippen LogP contribution in [0.15, 0.2) is 30.3 Å². The Morgan fingerprint density at radius 3 is 2.80 bits per heavy atom. The third kappa shape index (κ3) is 2.10. The van der Waals surface area contributed by atoms with E-state index in [4.69, 9.17) is 5.73 Å². The van der Waals surface area contributed by atoms with Crippen LogP contribution in [-0.2, 0) is 6.42 Å². The summed E-state index contributed by atoms with van der Waals surface area (Å²) in [6.07, 6.45) is 3.37. The molecule has 0 aliphatic heterocycles. The SMILES string of the molecule is NC(Cc1nn2c(-c3ccccc3)nnc2s1)C1CC1. The zero-order valence-electron chi connectivity index (χ0n) is 10.9. The van der Waals surface area contributed by atoms with Crippen molar-refractivity contribution >= 4 is 16.3 Å². The van der Waals surface area contributed by atoms with E-state index in [2.05, 4.69) is 15.3 Å². The highest BCUT2D eigenvalue weighted by atomic mass is 32.1. The molecule has 0 saturated heterocycles. The Hall–Kier alpha value is -1.79. The second-order valence-corrected chi connectivity index (χ2v) is 6.33. The highest BCUT2D eigenvalue weighted by Gasteiger charge is 2.29. The quantitative estimate of drug-likeness (QED) is 0.797. The standard InChI is InChI=1S/C14H15N5S/c15-11(9-6-7-9)8-12-18-19-13(16-17-14(19)20-12)10-4-2-1-3-5-10/h1-5,9,11H,6-8,15H2. The first-order valence-electron chi connectivity index (χ1n) is 6.83. The van der Waals surface area contributed by atoms with Crippen LogP contribution < -0.4 is 5.73 Å². The highest BCUT2D eigenvalue weighted by molar-refractivity contribution is 7.16. The molecule has 6 heteroatoms. The molecular formula is C14H15N5S. The molecule has 1 atom stereocenters. The number of nitrogens with zero attached hydrogens (tertiary/aromatic N) is 4. The maximum atomic E-state index is 6.17. The van der Waals surface area contributed by atoms with E-state index < -0.39 is 0 Å². The van der Waals surface area contributed by atoms with E-state index >= 15 is 0 Å². The van der Waals surface area contributed by atoms with Gasteiger partial charge in [-0.3, -0.25) is 0 Å². The molecule has 1 aliphatic carbocycles. The third-order valence-electron chi connectivity index (χ3n) is 3.70. The molecule has 1 saturated carbocycles. The summed E-state index contributed by atoms with van der Waals surface area (Å²) in [5.74, 6) is 1.49. The number of hydrogen-bond donors (Lipinski definition) is 1. The molecule has 1 aromatic carbocycles. The minimum absolute atomic E-state index is 0.235. The van der Waals surface area contributed by atoms with Crippen LogP contribution >= 0.6 is 11.3 Å². The Morgan fingerprint density at radius 2 is 2.05 bits per heavy atom. The zero-order chi connectivity index (χ0) is 13.5. The van der Waals surface area contributed by atoms with E-state index in [1.54, 1.807) is 11.3 Å². The van der Waals surface area contributed by atoms with Crippen molar-refractivity contribution in [3.63, 3.8) is 0 Å². The number of hydrogen-bond acceptors (Lipinski definition) is 5. The zero-order valence-corrected chi connectivity index (χ0v) is 11.8. The van der Waals surface area contributed by atoms with Gasteiger partial charge < -0.3 is 5.73 Å². The molecule has 0 radical (unpaired) electrons. The molecule has 1 unspecified atom stereocenters. The van der Waals surface area contributed by atoms with Crippen molar-refractivity contribution in [2.75, 3.05) is 0 Å². The van der Waals surface area contributed by atoms with E-state index in [-0.39, 0.29) is 6.04 Å². The van der Waals surface area contributed by atoms with Gasteiger partial charge in [-0.05, 0) is 18.8 Å². The smallest absolute Gasteiger partial charge is 0.234 e. The normalized spacial score (nSPS) is 16.6. The van der Waals surface area contributed by atoms with E-state index in [0.717, 1.165) is 27.8 Å². The minimum Gasteiger partial charge on any atom is -0.327 e. The number of aromatic nitrogens is 4. The van der Waals surface area contributed by atoms with Crippen LogP contribution in [0.5, 0.6) is 0 Å². The molecule has 0 amide bonds. The fourth-order valence-corrected chi connectivity index (χ4v) is 3.30. The molecule has 102 valence electrons. The first-order valence-corrected chi connectivity index (χ1v) is 7.65. The van der Waals surface area contributed by atoms with Gasteiger partial charge in [0.15, 0.2) is 5.82 Å². The van der Waals surface area contributed by atoms with Crippen molar-refractivity contribution in [1.82, 2.24) is 19.8 Å². The van der Waals surface area contributed by atoms with Crippen LogP contribution in [0.4, 0.5) is 0 Å². The molecule has 5 nitrogen and oxygen atoms in total. The van der Waals surface area contributed by atoms with Gasteiger partial charge in [0.05, 0.1) is 0 Å². The van der Waals surface area contributed by atoms with E-state index in [0.29, 0.717) is 5.92 Å². The van der Waals surface area contributed by atoms with Gasteiger partial charge in [-0.25, -0.2) is 0 Å². The number of benzene rings is 1. The van der Waals surface area contributed by atoms with Crippen molar-refractivity contribution < 1.29 is 0 Å². The van der Waals surface area contributed by atoms with Gasteiger partial charge in [0.25, 0.3) is 0 Å². The molecule has 1 aliphatic rings. The predicted molar refractivity (Wildman–Crippen MR) is 78.5 cm³/mol. The van der Waals surface area contributed by atoms with Gasteiger partial charge in [0.2, 0.25) is 4.96 Å². The lowest BCUT2D eigenvalue weighted by Crippen LogP contribution is -2.25. The third-order valence-corrected chi connectivity index (χ3v) is 4.62. The van der Waals surface area contributed by atoms with E-state index in [1.165, 1.54) is 12.8 Å². The number of rotatable bonds is 4. The van der Waals surface area contributed by atoms with Gasteiger partial charge in [-0.15, -0.1) is 10.2 Å². The van der Waals surface area contributed by atoms with Crippen molar-refractivity contribution in [3.05, 3.63) is 35.3 Å². The van der Waals surface area contributed by atoms with Crippen molar-refractivity contribution in [3.8, 4) is 11.4 Å². The van der Waals surface area contributed by atoms with Gasteiger partial charge in [-0.2, -0.15) is 9.61 Å². The summed E-state index contributed by atoms with van der Waals surface area (Å²) < 4.78 is 1.83.